The van der Waals surface area contributed by atoms with Crippen molar-refractivity contribution in [2.45, 2.75) is 33.0 Å². The highest BCUT2D eigenvalue weighted by molar-refractivity contribution is 7.08. The molecule has 2 heterocycles. The highest BCUT2D eigenvalue weighted by Gasteiger charge is 2.24. The lowest BCUT2D eigenvalue weighted by Crippen LogP contribution is -2.26. The zero-order chi connectivity index (χ0) is 20.1. The van der Waals surface area contributed by atoms with Gasteiger partial charge in [-0.3, -0.25) is 4.79 Å². The van der Waals surface area contributed by atoms with E-state index in [4.69, 9.17) is 9.84 Å². The second-order valence-electron chi connectivity index (χ2n) is 6.43. The minimum absolute atomic E-state index is 0.122. The second-order valence-corrected chi connectivity index (χ2v) is 7.21. The molecule has 0 saturated carbocycles. The molecule has 0 aliphatic carbocycles. The summed E-state index contributed by atoms with van der Waals surface area (Å²) in [6.45, 7) is 5.75. The van der Waals surface area contributed by atoms with Crippen molar-refractivity contribution in [2.75, 3.05) is 7.11 Å². The van der Waals surface area contributed by atoms with Gasteiger partial charge in [0.25, 0.3) is 5.56 Å². The number of nitrogens with zero attached hydrogens (tertiary/aromatic N) is 1. The number of ether oxygens (including phenoxy) is 1. The number of rotatable bonds is 5. The second kappa shape index (κ2) is 9.08. The lowest BCUT2D eigenvalue weighted by molar-refractivity contribution is -0.121. The fraction of sp³-hybridized carbons (Fsp3) is 0.333. The molecule has 0 bridgehead atoms. The Labute approximate surface area is 162 Å². The molecule has 0 aliphatic heterocycles. The molecule has 6 heteroatoms. The zero-order valence-electron chi connectivity index (χ0n) is 16.2. The zero-order valence-corrected chi connectivity index (χ0v) is 17.0. The van der Waals surface area contributed by atoms with Crippen LogP contribution in [0.15, 0.2) is 39.8 Å². The van der Waals surface area contributed by atoms with E-state index < -0.39 is 6.10 Å². The Balaban J connectivity index is 0.00000126. The van der Waals surface area contributed by atoms with E-state index in [-0.39, 0.29) is 11.7 Å². The highest BCUT2D eigenvalue weighted by Crippen LogP contribution is 2.36. The number of aliphatic hydroxyl groups excluding tert-OH is 1. The lowest BCUT2D eigenvalue weighted by Gasteiger charge is -2.23. The normalized spacial score (nSPS) is 12.0. The number of aliphatic hydroxyl groups is 1. The topological polar surface area (TPSA) is 68.5 Å². The Bertz CT molecular complexity index is 974. The fourth-order valence-electron chi connectivity index (χ4n) is 3.14. The van der Waals surface area contributed by atoms with Crippen molar-refractivity contribution in [3.63, 3.8) is 0 Å². The molecular formula is C21H25NO4S. The van der Waals surface area contributed by atoms with Crippen molar-refractivity contribution in [3.8, 4) is 11.1 Å². The van der Waals surface area contributed by atoms with Crippen LogP contribution in [0.25, 0.3) is 21.9 Å². The van der Waals surface area contributed by atoms with Crippen molar-refractivity contribution in [1.82, 2.24) is 4.57 Å². The van der Waals surface area contributed by atoms with E-state index in [0.29, 0.717) is 11.1 Å². The molecule has 0 radical (unpaired) electrons. The van der Waals surface area contributed by atoms with Gasteiger partial charge in [0, 0.05) is 25.1 Å². The molecule has 1 N–H and O–H groups in total. The Morgan fingerprint density at radius 3 is 2.44 bits per heavy atom. The SMILES string of the molecule is CO.Cc1ccc2c(=O)n(C)c(C(C=O)OC(C)C)c(-c3ccsc3)c2c1. The van der Waals surface area contributed by atoms with Gasteiger partial charge in [-0.25, -0.2) is 0 Å². The molecule has 5 nitrogen and oxygen atoms in total. The molecule has 0 saturated heterocycles. The molecular weight excluding hydrogens is 362 g/mol. The van der Waals surface area contributed by atoms with E-state index in [9.17, 15) is 9.59 Å². The number of benzene rings is 1. The quantitative estimate of drug-likeness (QED) is 0.675. The van der Waals surface area contributed by atoms with E-state index in [1.165, 1.54) is 0 Å². The van der Waals surface area contributed by atoms with Crippen LogP contribution in [-0.4, -0.2) is 29.2 Å². The molecule has 0 amide bonds. The van der Waals surface area contributed by atoms with Crippen molar-refractivity contribution >= 4 is 28.4 Å². The largest absolute Gasteiger partial charge is 0.400 e. The predicted octanol–water partition coefficient (Wildman–Crippen LogP) is 3.85. The summed E-state index contributed by atoms with van der Waals surface area (Å²) < 4.78 is 7.36. The number of carbonyl (C=O) groups excluding carboxylic acids is 1. The fourth-order valence-corrected chi connectivity index (χ4v) is 3.79. The molecule has 2 aromatic heterocycles. The van der Waals surface area contributed by atoms with Gasteiger partial charge < -0.3 is 19.2 Å². The van der Waals surface area contributed by atoms with Crippen LogP contribution in [0.2, 0.25) is 0 Å². The molecule has 0 spiro atoms. The van der Waals surface area contributed by atoms with Gasteiger partial charge in [-0.1, -0.05) is 17.7 Å². The lowest BCUT2D eigenvalue weighted by atomic mass is 9.95. The first kappa shape index (κ1) is 21.0. The number of hydrogen-bond acceptors (Lipinski definition) is 5. The molecule has 144 valence electrons. The van der Waals surface area contributed by atoms with Crippen molar-refractivity contribution in [3.05, 3.63) is 56.6 Å². The van der Waals surface area contributed by atoms with E-state index in [1.807, 2.05) is 55.8 Å². The first-order valence-electron chi connectivity index (χ1n) is 8.65. The van der Waals surface area contributed by atoms with E-state index >= 15 is 0 Å². The molecule has 3 rings (SSSR count). The highest BCUT2D eigenvalue weighted by atomic mass is 32.1. The number of aldehydes is 1. The van der Waals surface area contributed by atoms with Gasteiger partial charge in [-0.15, -0.1) is 0 Å². The van der Waals surface area contributed by atoms with Crippen molar-refractivity contribution in [2.24, 2.45) is 7.05 Å². The number of thiophene rings is 1. The van der Waals surface area contributed by atoms with Gasteiger partial charge in [-0.2, -0.15) is 11.3 Å². The van der Waals surface area contributed by atoms with E-state index in [2.05, 4.69) is 0 Å². The number of fused-ring (bicyclic) bond motifs is 1. The van der Waals surface area contributed by atoms with Crippen molar-refractivity contribution < 1.29 is 14.6 Å². The maximum absolute atomic E-state index is 12.9. The van der Waals surface area contributed by atoms with Gasteiger partial charge in [-0.05, 0) is 54.6 Å². The molecule has 27 heavy (non-hydrogen) atoms. The Kier molecular flexibility index (Phi) is 7.07. The van der Waals surface area contributed by atoms with Crippen LogP contribution in [0.4, 0.5) is 0 Å². The summed E-state index contributed by atoms with van der Waals surface area (Å²) in [7, 11) is 2.70. The van der Waals surface area contributed by atoms with Crippen LogP contribution in [0.1, 0.15) is 31.2 Å². The van der Waals surface area contributed by atoms with Crippen LogP contribution in [0, 0.1) is 6.92 Å². The summed E-state index contributed by atoms with van der Waals surface area (Å²) in [5.41, 5.74) is 3.43. The number of carbonyl (C=O) groups is 1. The average Bonchev–Trinajstić information content (AvgIpc) is 3.18. The first-order chi connectivity index (χ1) is 12.9. The number of aromatic nitrogens is 1. The summed E-state index contributed by atoms with van der Waals surface area (Å²) in [5.74, 6) is 0. The maximum atomic E-state index is 12.9. The number of pyridine rings is 1. The minimum atomic E-state index is -0.794. The van der Waals surface area contributed by atoms with E-state index in [1.54, 1.807) is 23.0 Å². The van der Waals surface area contributed by atoms with Crippen LogP contribution in [-0.2, 0) is 16.6 Å². The molecule has 0 aliphatic rings. The third-order valence-electron chi connectivity index (χ3n) is 4.22. The first-order valence-corrected chi connectivity index (χ1v) is 9.59. The number of aryl methyl sites for hydroxylation is 1. The van der Waals surface area contributed by atoms with Crippen LogP contribution in [0.3, 0.4) is 0 Å². The summed E-state index contributed by atoms with van der Waals surface area (Å²) in [4.78, 5) is 24.7. The molecule has 0 fully saturated rings. The summed E-state index contributed by atoms with van der Waals surface area (Å²) in [6, 6.07) is 7.80. The Morgan fingerprint density at radius 2 is 1.89 bits per heavy atom. The van der Waals surface area contributed by atoms with Gasteiger partial charge in [0.2, 0.25) is 0 Å². The molecule has 1 atom stereocenters. The predicted molar refractivity (Wildman–Crippen MR) is 110 cm³/mol. The summed E-state index contributed by atoms with van der Waals surface area (Å²) in [5, 5.41) is 12.5. The van der Waals surface area contributed by atoms with Gasteiger partial charge in [0.05, 0.1) is 11.8 Å². The summed E-state index contributed by atoms with van der Waals surface area (Å²) >= 11 is 1.58. The Morgan fingerprint density at radius 1 is 1.19 bits per heavy atom. The molecule has 1 aromatic carbocycles. The molecule has 1 unspecified atom stereocenters. The standard InChI is InChI=1S/C20H21NO3S.CH4O/c1-12(2)24-17(10-22)19-18(14-7-8-25-11-14)16-9-13(3)5-6-15(16)20(23)21(19)4;1-2/h5-12,17H,1-4H3;2H,1H3. The molecule has 3 aromatic rings. The van der Waals surface area contributed by atoms with Gasteiger partial charge in [0.15, 0.2) is 12.4 Å². The third-order valence-corrected chi connectivity index (χ3v) is 4.90. The summed E-state index contributed by atoms with van der Waals surface area (Å²) in [6.07, 6.45) is -0.155. The number of hydrogen-bond donors (Lipinski definition) is 1. The van der Waals surface area contributed by atoms with Crippen LogP contribution < -0.4 is 5.56 Å². The average molecular weight is 388 g/mol. The Hall–Kier alpha value is -2.28. The monoisotopic (exact) mass is 387 g/mol. The van der Waals surface area contributed by atoms with Crippen LogP contribution >= 0.6 is 11.3 Å². The van der Waals surface area contributed by atoms with E-state index in [0.717, 1.165) is 35.5 Å². The maximum Gasteiger partial charge on any atom is 0.258 e. The third kappa shape index (κ3) is 4.18. The smallest absolute Gasteiger partial charge is 0.258 e. The van der Waals surface area contributed by atoms with Crippen molar-refractivity contribution in [1.29, 1.82) is 0 Å². The van der Waals surface area contributed by atoms with Gasteiger partial charge in [0.1, 0.15) is 0 Å². The van der Waals surface area contributed by atoms with Crippen LogP contribution in [0.5, 0.6) is 0 Å². The van der Waals surface area contributed by atoms with Gasteiger partial charge >= 0.3 is 0 Å². The minimum Gasteiger partial charge on any atom is -0.400 e.